The number of cyclic esters (lactones) is 4. The van der Waals surface area contributed by atoms with Crippen LogP contribution in [0.2, 0.25) is 0 Å². The van der Waals surface area contributed by atoms with Crippen LogP contribution in [-0.2, 0) is 9.47 Å². The van der Waals surface area contributed by atoms with Crippen molar-refractivity contribution in [3.05, 3.63) is 97.1 Å². The Balaban J connectivity index is 1.49. The summed E-state index contributed by atoms with van der Waals surface area (Å²) in [5, 5.41) is 3.59. The van der Waals surface area contributed by atoms with E-state index in [-0.39, 0.29) is 45.3 Å². The van der Waals surface area contributed by atoms with Crippen LogP contribution in [-0.4, -0.2) is 24.6 Å². The lowest BCUT2D eigenvalue weighted by atomic mass is 9.87. The Bertz CT molecular complexity index is 2350. The fourth-order valence-electron chi connectivity index (χ4n) is 6.20. The van der Waals surface area contributed by atoms with Crippen molar-refractivity contribution in [3.8, 4) is 46.0 Å². The molecule has 0 aromatic heterocycles. The monoisotopic (exact) mass is 640 g/mol. The lowest BCUT2D eigenvalue weighted by Crippen LogP contribution is -2.22. The number of carbonyl (C=O) groups excluding carboxylic acids is 4. The van der Waals surface area contributed by atoms with Crippen LogP contribution in [0, 0.1) is 0 Å². The van der Waals surface area contributed by atoms with E-state index in [1.54, 1.807) is 60.7 Å². The highest BCUT2D eigenvalue weighted by Crippen LogP contribution is 2.55. The summed E-state index contributed by atoms with van der Waals surface area (Å²) < 4.78 is 44.1. The van der Waals surface area contributed by atoms with Gasteiger partial charge in [-0.15, -0.1) is 0 Å². The number of hydrogen-bond donors (Lipinski definition) is 0. The zero-order valence-electron chi connectivity index (χ0n) is 24.1. The third-order valence-corrected chi connectivity index (χ3v) is 7.93. The van der Waals surface area contributed by atoms with Gasteiger partial charge < -0.3 is 37.9 Å². The largest absolute Gasteiger partial charge is 0.524 e. The van der Waals surface area contributed by atoms with Crippen molar-refractivity contribution in [1.82, 2.24) is 0 Å². The summed E-state index contributed by atoms with van der Waals surface area (Å²) in [7, 11) is 0. The smallest absolute Gasteiger partial charge is 0.457 e. The molecule has 0 bridgehead atoms. The summed E-state index contributed by atoms with van der Waals surface area (Å²) in [5.41, 5.74) is 0. The predicted molar refractivity (Wildman–Crippen MR) is 167 cm³/mol. The van der Waals surface area contributed by atoms with Crippen molar-refractivity contribution in [3.63, 3.8) is 0 Å². The highest BCUT2D eigenvalue weighted by atomic mass is 16.8. The summed E-state index contributed by atoms with van der Waals surface area (Å²) in [6, 6.07) is 27.3. The first-order valence-electron chi connectivity index (χ1n) is 14.4. The first kappa shape index (κ1) is 27.2. The molecule has 12 heteroatoms. The van der Waals surface area contributed by atoms with E-state index < -0.39 is 24.6 Å². The molecule has 0 fully saturated rings. The van der Waals surface area contributed by atoms with Gasteiger partial charge in [0.2, 0.25) is 0 Å². The molecule has 0 saturated carbocycles. The maximum absolute atomic E-state index is 12.6. The highest BCUT2D eigenvalue weighted by Gasteiger charge is 2.32. The Morgan fingerprint density at radius 1 is 0.354 bits per heavy atom. The lowest BCUT2D eigenvalue weighted by Gasteiger charge is -2.24. The van der Waals surface area contributed by atoms with Crippen LogP contribution < -0.4 is 28.4 Å². The van der Waals surface area contributed by atoms with Crippen LogP contribution in [0.5, 0.6) is 46.0 Å². The van der Waals surface area contributed by atoms with E-state index in [2.05, 4.69) is 9.47 Å². The molecule has 12 nitrogen and oxygen atoms in total. The van der Waals surface area contributed by atoms with E-state index in [9.17, 15) is 19.2 Å². The summed E-state index contributed by atoms with van der Waals surface area (Å²) >= 11 is 0. The van der Waals surface area contributed by atoms with Gasteiger partial charge in [0.1, 0.15) is 46.0 Å². The fraction of sp³-hybridized carbons (Fsp3) is 0. The van der Waals surface area contributed by atoms with E-state index >= 15 is 0 Å². The van der Waals surface area contributed by atoms with Crippen LogP contribution >= 0.6 is 0 Å². The van der Waals surface area contributed by atoms with Crippen molar-refractivity contribution in [1.29, 1.82) is 0 Å². The number of rotatable bonds is 4. The van der Waals surface area contributed by atoms with Gasteiger partial charge in [-0.25, -0.2) is 19.2 Å². The molecule has 9 rings (SSSR count). The SMILES string of the molecule is O=C1OC(=O)Oc2cc(Oc3ccccc3)c3c4ccc5c6c(cc(Oc7ccccc7)c(c7ccc(c2c73)O1)c64)OC(=O)OC(=O)O5. The second-order valence-corrected chi connectivity index (χ2v) is 10.7. The van der Waals surface area contributed by atoms with Crippen molar-refractivity contribution < 1.29 is 57.1 Å². The maximum Gasteiger partial charge on any atom is 0.524 e. The van der Waals surface area contributed by atoms with Gasteiger partial charge in [0.15, 0.2) is 0 Å². The first-order chi connectivity index (χ1) is 23.4. The topological polar surface area (TPSA) is 142 Å². The van der Waals surface area contributed by atoms with Gasteiger partial charge >= 0.3 is 24.6 Å². The molecule has 2 heterocycles. The summed E-state index contributed by atoms with van der Waals surface area (Å²) in [6.45, 7) is 0. The number of ether oxygens (including phenoxy) is 8. The summed E-state index contributed by atoms with van der Waals surface area (Å²) in [5.74, 6) is 1.55. The quantitative estimate of drug-likeness (QED) is 0.0594. The molecular formula is C36H16O12. The minimum absolute atomic E-state index is 0.00176. The number of benzene rings is 7. The van der Waals surface area contributed by atoms with Crippen LogP contribution in [0.15, 0.2) is 97.1 Å². The second-order valence-electron chi connectivity index (χ2n) is 10.7. The molecule has 0 radical (unpaired) electrons. The Morgan fingerprint density at radius 3 is 1.12 bits per heavy atom. The minimum atomic E-state index is -1.29. The Morgan fingerprint density at radius 2 is 0.729 bits per heavy atom. The van der Waals surface area contributed by atoms with E-state index in [1.807, 2.05) is 12.1 Å². The zero-order chi connectivity index (χ0) is 32.5. The molecule has 0 spiro atoms. The molecule has 7 aromatic carbocycles. The predicted octanol–water partition coefficient (Wildman–Crippen LogP) is 9.38. The first-order valence-corrected chi connectivity index (χ1v) is 14.4. The Labute approximate surface area is 267 Å². The molecule has 2 aliphatic heterocycles. The van der Waals surface area contributed by atoms with Gasteiger partial charge in [0.25, 0.3) is 0 Å². The fourth-order valence-corrected chi connectivity index (χ4v) is 6.20. The highest BCUT2D eigenvalue weighted by molar-refractivity contribution is 6.38. The average molecular weight is 641 g/mol. The molecule has 232 valence electrons. The van der Waals surface area contributed by atoms with Crippen molar-refractivity contribution in [2.45, 2.75) is 0 Å². The van der Waals surface area contributed by atoms with Crippen molar-refractivity contribution in [2.24, 2.45) is 0 Å². The average Bonchev–Trinajstić information content (AvgIpc) is 3.05. The van der Waals surface area contributed by atoms with Crippen LogP contribution in [0.3, 0.4) is 0 Å². The van der Waals surface area contributed by atoms with Gasteiger partial charge in [-0.2, -0.15) is 0 Å². The molecular weight excluding hydrogens is 624 g/mol. The minimum Gasteiger partial charge on any atom is -0.457 e. The summed E-state index contributed by atoms with van der Waals surface area (Å²) in [6.07, 6.45) is -5.13. The van der Waals surface area contributed by atoms with Crippen LogP contribution in [0.4, 0.5) is 19.2 Å². The number of carbonyl (C=O) groups is 4. The maximum atomic E-state index is 12.6. The van der Waals surface area contributed by atoms with Gasteiger partial charge in [-0.3, -0.25) is 0 Å². The third kappa shape index (κ3) is 4.24. The molecule has 0 N–H and O–H groups in total. The molecule has 48 heavy (non-hydrogen) atoms. The van der Waals surface area contributed by atoms with E-state index in [1.165, 1.54) is 24.3 Å². The molecule has 2 aliphatic rings. The Kier molecular flexibility index (Phi) is 5.80. The molecule has 0 saturated heterocycles. The lowest BCUT2D eigenvalue weighted by molar-refractivity contribution is 0.0857. The van der Waals surface area contributed by atoms with Crippen molar-refractivity contribution >= 4 is 67.7 Å². The summed E-state index contributed by atoms with van der Waals surface area (Å²) in [4.78, 5) is 49.9. The van der Waals surface area contributed by atoms with E-state index in [4.69, 9.17) is 28.4 Å². The van der Waals surface area contributed by atoms with Crippen molar-refractivity contribution in [2.75, 3.05) is 0 Å². The molecule has 0 atom stereocenters. The molecule has 0 unspecified atom stereocenters. The van der Waals surface area contributed by atoms with Gasteiger partial charge in [0.05, 0.1) is 10.8 Å². The van der Waals surface area contributed by atoms with Crippen LogP contribution in [0.25, 0.3) is 43.1 Å². The number of fused-ring (bicyclic) bond motifs is 2. The normalized spacial score (nSPS) is 14.2. The zero-order valence-corrected chi connectivity index (χ0v) is 24.1. The number of para-hydroxylation sites is 2. The number of hydrogen-bond acceptors (Lipinski definition) is 12. The molecule has 7 aromatic rings. The van der Waals surface area contributed by atoms with Gasteiger partial charge in [0, 0.05) is 33.7 Å². The van der Waals surface area contributed by atoms with E-state index in [0.717, 1.165) is 0 Å². The Hall–Kier alpha value is -7.08. The standard InChI is InChI=1S/C36H16O12/c37-33-43-21-14-12-20-28-24(42-18-9-5-2-6-10-18)16-26-32-22(44-34(38)48-36(40)46-26)13-11-19(30(28)32)27-23(41-17-7-3-1-4-8-17)15-25(31(21)29(20)27)45-35(39)47-33/h1-16H. The second kappa shape index (κ2) is 10.2. The van der Waals surface area contributed by atoms with E-state index in [0.29, 0.717) is 43.8 Å². The molecule has 0 aliphatic carbocycles. The van der Waals surface area contributed by atoms with Crippen LogP contribution in [0.1, 0.15) is 0 Å². The molecule has 0 amide bonds. The third-order valence-electron chi connectivity index (χ3n) is 7.93. The van der Waals surface area contributed by atoms with Gasteiger partial charge in [-0.1, -0.05) is 36.4 Å². The van der Waals surface area contributed by atoms with Gasteiger partial charge in [-0.05, 0) is 59.3 Å².